The van der Waals surface area contributed by atoms with E-state index in [1.54, 1.807) is 24.3 Å². The fourth-order valence-electron chi connectivity index (χ4n) is 7.15. The Morgan fingerprint density at radius 1 is 0.782 bits per heavy atom. The molecule has 55 heavy (non-hydrogen) atoms. The van der Waals surface area contributed by atoms with Crippen LogP contribution in [0.25, 0.3) is 0 Å². The van der Waals surface area contributed by atoms with E-state index in [0.29, 0.717) is 34.3 Å². The van der Waals surface area contributed by atoms with Crippen molar-refractivity contribution >= 4 is 40.0 Å². The SMILES string of the molecule is CC(=O)Nc1ccc(C(=O)C[C@@H](O)[C@H](C)C[C@@H](C)[C@H](O)[C@H](C)/C=C/C=C/C=C/[C@@H](CC(=O)OCO[Si](C(C)C)(C(C)C)C(C)C)O[Si](C)(C)C(C)(C)C)cc1. The van der Waals surface area contributed by atoms with Crippen molar-refractivity contribution in [3.63, 3.8) is 0 Å². The van der Waals surface area contributed by atoms with Crippen LogP contribution in [0, 0.1) is 17.8 Å². The molecular formula is C44H75NO8Si2. The Bertz CT molecular complexity index is 1410. The topological polar surface area (TPSA) is 131 Å². The molecule has 0 heterocycles. The summed E-state index contributed by atoms with van der Waals surface area (Å²) in [5, 5.41) is 24.5. The summed E-state index contributed by atoms with van der Waals surface area (Å²) in [6.45, 7) is 31.2. The van der Waals surface area contributed by atoms with E-state index >= 15 is 0 Å². The van der Waals surface area contributed by atoms with Crippen LogP contribution < -0.4 is 5.32 Å². The number of anilines is 1. The highest BCUT2D eigenvalue weighted by Gasteiger charge is 2.45. The van der Waals surface area contributed by atoms with Crippen molar-refractivity contribution in [2.45, 2.75) is 162 Å². The number of hydrogen-bond acceptors (Lipinski definition) is 8. The van der Waals surface area contributed by atoms with Gasteiger partial charge < -0.3 is 29.1 Å². The highest BCUT2D eigenvalue weighted by molar-refractivity contribution is 6.77. The van der Waals surface area contributed by atoms with Gasteiger partial charge in [0.1, 0.15) is 0 Å². The molecule has 0 saturated heterocycles. The second-order valence-electron chi connectivity index (χ2n) is 17.9. The predicted octanol–water partition coefficient (Wildman–Crippen LogP) is 10.4. The van der Waals surface area contributed by atoms with Crippen molar-refractivity contribution in [3.8, 4) is 0 Å². The minimum Gasteiger partial charge on any atom is -0.439 e. The summed E-state index contributed by atoms with van der Waals surface area (Å²) in [6.07, 6.45) is 10.1. The summed E-state index contributed by atoms with van der Waals surface area (Å²) < 4.78 is 18.7. The molecule has 1 aromatic rings. The number of rotatable bonds is 23. The zero-order valence-corrected chi connectivity index (χ0v) is 38.6. The molecule has 11 heteroatoms. The number of ether oxygens (including phenoxy) is 1. The molecule has 0 unspecified atom stereocenters. The van der Waals surface area contributed by atoms with Crippen LogP contribution in [-0.4, -0.2) is 69.6 Å². The van der Waals surface area contributed by atoms with Gasteiger partial charge in [-0.1, -0.05) is 120 Å². The van der Waals surface area contributed by atoms with Crippen LogP contribution in [0.4, 0.5) is 5.69 Å². The molecule has 0 aliphatic heterocycles. The Hall–Kier alpha value is -2.68. The van der Waals surface area contributed by atoms with Gasteiger partial charge in [-0.25, -0.2) is 0 Å². The first-order chi connectivity index (χ1) is 25.3. The van der Waals surface area contributed by atoms with Crippen molar-refractivity contribution in [1.82, 2.24) is 0 Å². The number of aliphatic hydroxyl groups excluding tert-OH is 2. The maximum absolute atomic E-state index is 13.1. The number of benzene rings is 1. The molecule has 1 amide bonds. The van der Waals surface area contributed by atoms with Gasteiger partial charge in [-0.3, -0.25) is 14.4 Å². The third-order valence-corrected chi connectivity index (χ3v) is 21.9. The smallest absolute Gasteiger partial charge is 0.310 e. The van der Waals surface area contributed by atoms with Crippen LogP contribution in [0.15, 0.2) is 60.7 Å². The van der Waals surface area contributed by atoms with Gasteiger partial charge in [0.25, 0.3) is 0 Å². The van der Waals surface area contributed by atoms with Crippen LogP contribution in [0.2, 0.25) is 34.8 Å². The summed E-state index contributed by atoms with van der Waals surface area (Å²) in [5.41, 5.74) is 2.25. The third kappa shape index (κ3) is 16.4. The van der Waals surface area contributed by atoms with Crippen LogP contribution in [0.1, 0.15) is 120 Å². The van der Waals surface area contributed by atoms with E-state index in [9.17, 15) is 24.6 Å². The Balaban J connectivity index is 2.82. The molecular weight excluding hydrogens is 727 g/mol. The van der Waals surface area contributed by atoms with Gasteiger partial charge in [-0.15, -0.1) is 0 Å². The first-order valence-corrected chi connectivity index (χ1v) is 25.2. The molecule has 6 atom stereocenters. The van der Waals surface area contributed by atoms with E-state index in [1.807, 2.05) is 57.2 Å². The zero-order chi connectivity index (χ0) is 42.3. The summed E-state index contributed by atoms with van der Waals surface area (Å²) in [6, 6.07) is 6.62. The van der Waals surface area contributed by atoms with E-state index in [4.69, 9.17) is 13.6 Å². The second-order valence-corrected chi connectivity index (χ2v) is 28.1. The first-order valence-electron chi connectivity index (χ1n) is 20.1. The number of allylic oxidation sites excluding steroid dienone is 4. The number of amides is 1. The molecule has 3 N–H and O–H groups in total. The van der Waals surface area contributed by atoms with Gasteiger partial charge in [0.05, 0.1) is 24.7 Å². The summed E-state index contributed by atoms with van der Waals surface area (Å²) >= 11 is 0. The van der Waals surface area contributed by atoms with E-state index in [2.05, 4.69) is 80.7 Å². The number of carbonyl (C=O) groups excluding carboxylic acids is 3. The first kappa shape index (κ1) is 50.3. The average Bonchev–Trinajstić information content (AvgIpc) is 3.06. The number of Topliss-reactive ketones (excluding diaryl/α,β-unsaturated/α-hetero) is 1. The average molecular weight is 802 g/mol. The lowest BCUT2D eigenvalue weighted by atomic mass is 9.83. The molecule has 0 aliphatic rings. The van der Waals surface area contributed by atoms with Crippen molar-refractivity contribution in [3.05, 3.63) is 66.3 Å². The molecule has 312 valence electrons. The molecule has 0 spiro atoms. The number of aliphatic hydroxyl groups is 2. The molecule has 0 bridgehead atoms. The fourth-order valence-corrected chi connectivity index (χ4v) is 13.7. The van der Waals surface area contributed by atoms with Crippen LogP contribution in [0.3, 0.4) is 0 Å². The highest BCUT2D eigenvalue weighted by atomic mass is 28.4. The summed E-state index contributed by atoms with van der Waals surface area (Å²) in [7, 11) is -4.36. The van der Waals surface area contributed by atoms with Gasteiger partial charge in [-0.05, 0) is 77.3 Å². The maximum Gasteiger partial charge on any atom is 0.310 e. The number of ketones is 1. The molecule has 1 rings (SSSR count). The molecule has 0 aliphatic carbocycles. The quantitative estimate of drug-likeness (QED) is 0.0328. The second kappa shape index (κ2) is 22.9. The Morgan fingerprint density at radius 2 is 1.31 bits per heavy atom. The highest BCUT2D eigenvalue weighted by Crippen LogP contribution is 2.42. The maximum atomic E-state index is 13.1. The number of nitrogens with one attached hydrogen (secondary N) is 1. The van der Waals surface area contributed by atoms with Crippen molar-refractivity contribution in [2.75, 3.05) is 12.1 Å². The molecule has 0 radical (unpaired) electrons. The van der Waals surface area contributed by atoms with Crippen LogP contribution in [-0.2, 0) is 23.2 Å². The molecule has 1 aromatic carbocycles. The van der Waals surface area contributed by atoms with Crippen molar-refractivity contribution in [1.29, 1.82) is 0 Å². The minimum absolute atomic E-state index is 0.0223. The molecule has 0 fully saturated rings. The number of carbonyl (C=O) groups is 3. The van der Waals surface area contributed by atoms with E-state index in [-0.39, 0.29) is 60.1 Å². The predicted molar refractivity (Wildman–Crippen MR) is 231 cm³/mol. The van der Waals surface area contributed by atoms with Gasteiger partial charge in [0.2, 0.25) is 14.2 Å². The summed E-state index contributed by atoms with van der Waals surface area (Å²) in [5.74, 6) is -1.17. The lowest BCUT2D eigenvalue weighted by Crippen LogP contribution is -2.48. The minimum atomic E-state index is -2.20. The fraction of sp³-hybridized carbons (Fsp3) is 0.659. The monoisotopic (exact) mass is 802 g/mol. The normalized spacial score (nSPS) is 16.6. The lowest BCUT2D eigenvalue weighted by Gasteiger charge is -2.41. The largest absolute Gasteiger partial charge is 0.439 e. The van der Waals surface area contributed by atoms with Crippen LogP contribution in [0.5, 0.6) is 0 Å². The Labute approximate surface area is 335 Å². The van der Waals surface area contributed by atoms with Crippen molar-refractivity contribution in [2.24, 2.45) is 17.8 Å². The Morgan fingerprint density at radius 3 is 1.80 bits per heavy atom. The van der Waals surface area contributed by atoms with E-state index in [1.165, 1.54) is 6.92 Å². The zero-order valence-electron chi connectivity index (χ0n) is 36.6. The molecule has 0 saturated carbocycles. The molecule has 0 aromatic heterocycles. The number of hydrogen-bond donors (Lipinski definition) is 3. The lowest BCUT2D eigenvalue weighted by molar-refractivity contribution is -0.152. The molecule has 9 nitrogen and oxygen atoms in total. The van der Waals surface area contributed by atoms with Gasteiger partial charge in [0, 0.05) is 30.5 Å². The van der Waals surface area contributed by atoms with Gasteiger partial charge >= 0.3 is 5.97 Å². The van der Waals surface area contributed by atoms with Crippen LogP contribution >= 0.6 is 0 Å². The number of esters is 1. The Kier molecular flexibility index (Phi) is 21.0. The van der Waals surface area contributed by atoms with Gasteiger partial charge in [0.15, 0.2) is 20.9 Å². The summed E-state index contributed by atoms with van der Waals surface area (Å²) in [4.78, 5) is 37.1. The standard InChI is InChI=1S/C44H75NO8Si2/c1-30(2)55(31(3)4,32(5)6)52-29-51-42(49)27-39(53-54(14,15)44(11,12)13)21-19-17-16-18-20-33(7)43(50)35(9)26-34(8)40(47)28-41(48)37-22-24-38(25-23-37)45-36(10)46/h16-25,30-35,39-40,43,47,50H,26-29H2,1-15H3,(H,45,46)/b17-16+,20-18+,21-19+/t33-,34-,35-,39+,40-,43-/m1/s1. The van der Waals surface area contributed by atoms with Crippen molar-refractivity contribution < 1.29 is 38.2 Å². The third-order valence-electron chi connectivity index (χ3n) is 11.4. The van der Waals surface area contributed by atoms with E-state index in [0.717, 1.165) is 0 Å². The van der Waals surface area contributed by atoms with Gasteiger partial charge in [-0.2, -0.15) is 0 Å². The van der Waals surface area contributed by atoms with E-state index < -0.39 is 34.9 Å².